The van der Waals surface area contributed by atoms with Gasteiger partial charge in [0.15, 0.2) is 0 Å². The van der Waals surface area contributed by atoms with Crippen LogP contribution in [0, 0.1) is 0 Å². The molecule has 1 N–H and O–H groups in total. The normalized spacial score (nSPS) is 14.1. The number of para-hydroxylation sites is 1. The van der Waals surface area contributed by atoms with E-state index in [-0.39, 0.29) is 23.4 Å². The Labute approximate surface area is 266 Å². The molecule has 0 radical (unpaired) electrons. The molecule has 1 fully saturated rings. The summed E-state index contributed by atoms with van der Waals surface area (Å²) >= 11 is 0. The van der Waals surface area contributed by atoms with Crippen molar-refractivity contribution in [2.45, 2.75) is 69.0 Å². The summed E-state index contributed by atoms with van der Waals surface area (Å²) in [5.74, 6) is -0.673. The molecule has 8 heteroatoms. The lowest BCUT2D eigenvalue weighted by Crippen LogP contribution is -2.54. The molecule has 4 aromatic rings. The van der Waals surface area contributed by atoms with Crippen molar-refractivity contribution in [2.75, 3.05) is 10.8 Å². The largest absolute Gasteiger partial charge is 0.352 e. The van der Waals surface area contributed by atoms with Gasteiger partial charge in [0.1, 0.15) is 12.6 Å². The number of carbonyl (C=O) groups excluding carboxylic acids is 2. The SMILES string of the molecule is CCc1ccccc1N(CC(=O)N(Cc1ccccc1)C(Cc1ccccc1)C(=O)NC1CCCC1)S(=O)(=O)c1ccccc1. The standard InChI is InChI=1S/C37H41N3O4S/c1-2-31-20-12-15-25-34(31)40(45(43,44)33-23-10-5-11-24-33)28-36(41)39(27-30-18-8-4-9-19-30)35(26-29-16-6-3-7-17-29)37(42)38-32-21-13-14-22-32/h3-12,15-20,23-25,32,35H,2,13-14,21-22,26-28H2,1H3,(H,38,42). The van der Waals surface area contributed by atoms with E-state index in [0.29, 0.717) is 18.5 Å². The second-order valence-electron chi connectivity index (χ2n) is 11.5. The molecule has 0 bridgehead atoms. The van der Waals surface area contributed by atoms with Crippen LogP contribution < -0.4 is 9.62 Å². The monoisotopic (exact) mass is 623 g/mol. The highest BCUT2D eigenvalue weighted by Crippen LogP contribution is 2.28. The van der Waals surface area contributed by atoms with Gasteiger partial charge in [-0.1, -0.05) is 117 Å². The van der Waals surface area contributed by atoms with Gasteiger partial charge in [-0.15, -0.1) is 0 Å². The lowest BCUT2D eigenvalue weighted by Gasteiger charge is -2.34. The summed E-state index contributed by atoms with van der Waals surface area (Å²) in [4.78, 5) is 30.4. The molecule has 0 spiro atoms. The molecule has 1 aliphatic carbocycles. The van der Waals surface area contributed by atoms with Crippen molar-refractivity contribution < 1.29 is 18.0 Å². The highest BCUT2D eigenvalue weighted by atomic mass is 32.2. The average Bonchev–Trinajstić information content (AvgIpc) is 3.59. The van der Waals surface area contributed by atoms with Gasteiger partial charge < -0.3 is 10.2 Å². The Bertz CT molecular complexity index is 1660. The smallest absolute Gasteiger partial charge is 0.264 e. The molecule has 5 rings (SSSR count). The molecule has 1 aliphatic rings. The molecular formula is C37H41N3O4S. The fraction of sp³-hybridized carbons (Fsp3) is 0.297. The van der Waals surface area contributed by atoms with Gasteiger partial charge in [-0.25, -0.2) is 8.42 Å². The lowest BCUT2D eigenvalue weighted by atomic mass is 10.0. The van der Waals surface area contributed by atoms with Gasteiger partial charge in [-0.3, -0.25) is 13.9 Å². The molecule has 45 heavy (non-hydrogen) atoms. The van der Waals surface area contributed by atoms with Crippen LogP contribution in [0.15, 0.2) is 120 Å². The number of amides is 2. The molecule has 7 nitrogen and oxygen atoms in total. The highest BCUT2D eigenvalue weighted by Gasteiger charge is 2.36. The topological polar surface area (TPSA) is 86.8 Å². The maximum absolute atomic E-state index is 14.6. The molecule has 234 valence electrons. The minimum Gasteiger partial charge on any atom is -0.352 e. The van der Waals surface area contributed by atoms with E-state index in [4.69, 9.17) is 0 Å². The summed E-state index contributed by atoms with van der Waals surface area (Å²) in [5, 5.41) is 3.22. The van der Waals surface area contributed by atoms with E-state index in [1.54, 1.807) is 35.2 Å². The van der Waals surface area contributed by atoms with Gasteiger partial charge in [-0.2, -0.15) is 0 Å². The minimum atomic E-state index is -4.13. The molecule has 1 saturated carbocycles. The van der Waals surface area contributed by atoms with Gasteiger partial charge in [0.2, 0.25) is 11.8 Å². The summed E-state index contributed by atoms with van der Waals surface area (Å²) in [6, 6.07) is 33.8. The van der Waals surface area contributed by atoms with E-state index in [9.17, 15) is 18.0 Å². The van der Waals surface area contributed by atoms with Crippen molar-refractivity contribution in [3.63, 3.8) is 0 Å². The highest BCUT2D eigenvalue weighted by molar-refractivity contribution is 7.92. The zero-order valence-electron chi connectivity index (χ0n) is 25.7. The molecule has 0 saturated heterocycles. The van der Waals surface area contributed by atoms with Crippen molar-refractivity contribution in [2.24, 2.45) is 0 Å². The third kappa shape index (κ3) is 8.00. The third-order valence-electron chi connectivity index (χ3n) is 8.42. The fourth-order valence-corrected chi connectivity index (χ4v) is 7.46. The van der Waals surface area contributed by atoms with E-state index in [1.165, 1.54) is 16.4 Å². The number of nitrogens with zero attached hydrogens (tertiary/aromatic N) is 2. The lowest BCUT2D eigenvalue weighted by molar-refractivity contribution is -0.140. The van der Waals surface area contributed by atoms with Crippen molar-refractivity contribution in [1.82, 2.24) is 10.2 Å². The molecule has 1 atom stereocenters. The van der Waals surface area contributed by atoms with Gasteiger partial charge in [-0.05, 0) is 54.2 Å². The van der Waals surface area contributed by atoms with E-state index >= 15 is 0 Å². The quantitative estimate of drug-likeness (QED) is 0.194. The Morgan fingerprint density at radius 2 is 1.33 bits per heavy atom. The summed E-state index contributed by atoms with van der Waals surface area (Å²) in [6.45, 7) is 1.66. The molecule has 0 heterocycles. The van der Waals surface area contributed by atoms with Gasteiger partial charge in [0, 0.05) is 19.0 Å². The zero-order chi connectivity index (χ0) is 31.6. The first-order chi connectivity index (χ1) is 21.9. The first kappa shape index (κ1) is 32.0. The Morgan fingerprint density at radius 1 is 0.778 bits per heavy atom. The second-order valence-corrected chi connectivity index (χ2v) is 13.4. The van der Waals surface area contributed by atoms with Gasteiger partial charge in [0.25, 0.3) is 10.0 Å². The van der Waals surface area contributed by atoms with Crippen LogP contribution in [0.1, 0.15) is 49.3 Å². The number of sulfonamides is 1. The molecule has 1 unspecified atom stereocenters. The van der Waals surface area contributed by atoms with Crippen LogP contribution in [0.25, 0.3) is 0 Å². The number of rotatable bonds is 13. The molecule has 4 aromatic carbocycles. The number of hydrogen-bond acceptors (Lipinski definition) is 4. The van der Waals surface area contributed by atoms with Crippen molar-refractivity contribution in [3.05, 3.63) is 132 Å². The van der Waals surface area contributed by atoms with Crippen LogP contribution in [0.4, 0.5) is 5.69 Å². The Balaban J connectivity index is 1.57. The van der Waals surface area contributed by atoms with Crippen LogP contribution in [-0.2, 0) is 39.0 Å². The number of nitrogens with one attached hydrogen (secondary N) is 1. The van der Waals surface area contributed by atoms with Crippen LogP contribution in [0.3, 0.4) is 0 Å². The predicted octanol–water partition coefficient (Wildman–Crippen LogP) is 6.14. The van der Waals surface area contributed by atoms with Crippen LogP contribution in [0.2, 0.25) is 0 Å². The van der Waals surface area contributed by atoms with Crippen molar-refractivity contribution in [1.29, 1.82) is 0 Å². The Kier molecular flexibility index (Phi) is 10.7. The van der Waals surface area contributed by atoms with E-state index in [1.807, 2.05) is 79.7 Å². The number of carbonyl (C=O) groups is 2. The summed E-state index contributed by atoms with van der Waals surface area (Å²) in [7, 11) is -4.13. The predicted molar refractivity (Wildman–Crippen MR) is 178 cm³/mol. The first-order valence-electron chi connectivity index (χ1n) is 15.7. The maximum Gasteiger partial charge on any atom is 0.264 e. The number of aryl methyl sites for hydroxylation is 1. The van der Waals surface area contributed by atoms with E-state index < -0.39 is 28.5 Å². The van der Waals surface area contributed by atoms with Crippen LogP contribution in [0.5, 0.6) is 0 Å². The summed E-state index contributed by atoms with van der Waals surface area (Å²) < 4.78 is 29.6. The zero-order valence-corrected chi connectivity index (χ0v) is 26.5. The second kappa shape index (κ2) is 15.0. The van der Waals surface area contributed by atoms with Crippen LogP contribution >= 0.6 is 0 Å². The van der Waals surface area contributed by atoms with E-state index in [2.05, 4.69) is 5.32 Å². The molecular weight excluding hydrogens is 582 g/mol. The van der Waals surface area contributed by atoms with Crippen molar-refractivity contribution >= 4 is 27.5 Å². The third-order valence-corrected chi connectivity index (χ3v) is 10.2. The molecule has 0 aliphatic heterocycles. The molecule has 2 amide bonds. The van der Waals surface area contributed by atoms with Gasteiger partial charge in [0.05, 0.1) is 10.6 Å². The number of anilines is 1. The summed E-state index contributed by atoms with van der Waals surface area (Å²) in [5.41, 5.74) is 3.02. The minimum absolute atomic E-state index is 0.0656. The van der Waals surface area contributed by atoms with Crippen LogP contribution in [-0.4, -0.2) is 43.8 Å². The van der Waals surface area contributed by atoms with Gasteiger partial charge >= 0.3 is 0 Å². The molecule has 0 aromatic heterocycles. The Hall–Kier alpha value is -4.43. The maximum atomic E-state index is 14.6. The summed E-state index contributed by atoms with van der Waals surface area (Å²) in [6.07, 6.45) is 4.82. The van der Waals surface area contributed by atoms with Crippen molar-refractivity contribution in [3.8, 4) is 0 Å². The number of hydrogen-bond donors (Lipinski definition) is 1. The first-order valence-corrected chi connectivity index (χ1v) is 17.1. The fourth-order valence-electron chi connectivity index (χ4n) is 5.99. The average molecular weight is 624 g/mol. The van der Waals surface area contributed by atoms with E-state index in [0.717, 1.165) is 42.4 Å². The Morgan fingerprint density at radius 3 is 1.96 bits per heavy atom. The number of benzene rings is 4.